The quantitative estimate of drug-likeness (QED) is 0.0411. The number of benzene rings is 1. The molecule has 6 aromatic heterocycles. The van der Waals surface area contributed by atoms with Crippen molar-refractivity contribution in [2.24, 2.45) is 85.8 Å². The third kappa shape index (κ3) is 14.3. The third-order valence-corrected chi connectivity index (χ3v) is 42.3. The molecule has 15 unspecified atom stereocenters. The van der Waals surface area contributed by atoms with Crippen molar-refractivity contribution in [1.82, 2.24) is 49.3 Å². The predicted octanol–water partition coefficient (Wildman–Crippen LogP) is 19.7. The normalized spacial score (nSPS) is 38.1. The van der Waals surface area contributed by atoms with Crippen LogP contribution in [0.3, 0.4) is 0 Å². The molecule has 22 rings (SSSR count). The van der Waals surface area contributed by atoms with E-state index in [1.165, 1.54) is 187 Å². The molecule has 7 aromatic rings. The Morgan fingerprint density at radius 2 is 0.816 bits per heavy atom. The Labute approximate surface area is 758 Å². The second kappa shape index (κ2) is 33.0. The summed E-state index contributed by atoms with van der Waals surface area (Å²) in [5.41, 5.74) is 8.64. The first kappa shape index (κ1) is 87.5. The smallest absolute Gasteiger partial charge is 0.188 e. The van der Waals surface area contributed by atoms with Gasteiger partial charge in [0.2, 0.25) is 0 Å². The maximum atomic E-state index is 13.8. The first-order valence-corrected chi connectivity index (χ1v) is 52.6. The zero-order valence-corrected chi connectivity index (χ0v) is 79.0. The minimum atomic E-state index is -1.43. The number of hydrogen-bond acceptors (Lipinski definition) is 21. The van der Waals surface area contributed by atoms with Crippen LogP contribution in [0.25, 0.3) is 28.4 Å². The van der Waals surface area contributed by atoms with Crippen molar-refractivity contribution in [2.45, 2.75) is 341 Å². The number of aliphatic hydroxyl groups is 6. The fourth-order valence-electron chi connectivity index (χ4n) is 30.5. The Balaban J connectivity index is 0.000000119. The van der Waals surface area contributed by atoms with Gasteiger partial charge >= 0.3 is 0 Å². The molecule has 0 aliphatic heterocycles. The van der Waals surface area contributed by atoms with E-state index in [1.54, 1.807) is 28.9 Å². The van der Waals surface area contributed by atoms with E-state index in [0.717, 1.165) is 107 Å². The third-order valence-electron chi connectivity index (χ3n) is 37.0. The Hall–Kier alpha value is -5.51. The van der Waals surface area contributed by atoms with E-state index in [9.17, 15) is 45.0 Å². The monoisotopic (exact) mass is 1790 g/mol. The number of aryl methyl sites for hydroxylation is 3. The van der Waals surface area contributed by atoms with Crippen LogP contribution < -0.4 is 0 Å². The number of carbonyl (C=O) groups excluding carboxylic acids is 3. The molecule has 0 radical (unpaired) electrons. The predicted molar refractivity (Wildman–Crippen MR) is 495 cm³/mol. The number of para-hydroxylation sites is 1. The molecule has 0 saturated heterocycles. The van der Waals surface area contributed by atoms with Crippen LogP contribution in [0.4, 0.5) is 0 Å². The highest BCUT2D eigenvalue weighted by Gasteiger charge is 2.72. The van der Waals surface area contributed by atoms with Crippen LogP contribution in [0.1, 0.15) is 302 Å². The fourth-order valence-corrected chi connectivity index (χ4v) is 35.5. The number of allylic oxidation sites excluding steroid dienone is 3. The number of aromatic nitrogens is 10. The van der Waals surface area contributed by atoms with Crippen LogP contribution in [-0.4, -0.2) is 150 Å². The molecule has 0 bridgehead atoms. The highest BCUT2D eigenvalue weighted by Crippen LogP contribution is 2.72. The van der Waals surface area contributed by atoms with Gasteiger partial charge in [-0.3, -0.25) is 28.4 Å². The van der Waals surface area contributed by atoms with E-state index in [2.05, 4.69) is 125 Å². The standard InChI is InChI=1S/C35H43N3O3S2.C33H44N4O3S.C33H45N3O3S2/c1-33-17-21-19-36-38(23-8-4-3-5-9-23)27(21)16-22(33)12-13-24-25-14-15-35(41,34(25,2)18-28(39)31(24)33)30(40)20-42-32-37-26-10-6-7-11-29(26)43-32;1-20-12-14-34-30(36-20)41-19-28(39)33(40)13-11-25-24-10-9-22-15-26-21(18-35-37(26)23-7-5-4-6-8-23)16-31(22,2)29(24)27(38)17-32(25,33)3;1-19-20(2)41-30(35-19)40-18-28(38)33(39)13-12-25-24-11-10-22-14-26-21(17-34-36(26)23-8-6-5-7-9-23)15-31(22,3)29(24)27(37)16-32(25,33)4/h6-7,10-11,16,19,23-25,28,31,39,41H,3-5,8-9,12-15,17-18,20H2,1-2H3;12,14-15,18,23-25,27,29,38,40H,4-11,13,16-17,19H2,1-3H3;14,17,23-25,27,29,37,39H,5-13,15-16,18H2,1-4H3/t24?,25?,28-,31?,33?,34?,35-;2*24?,25?,27-,29?,31?,32?,33-/m000/s1. The largest absolute Gasteiger partial charge is 0.393 e. The molecule has 12 saturated carbocycles. The van der Waals surface area contributed by atoms with Crippen molar-refractivity contribution in [3.8, 4) is 0 Å². The van der Waals surface area contributed by atoms with Gasteiger partial charge in [0.25, 0.3) is 0 Å². The van der Waals surface area contributed by atoms with Gasteiger partial charge in [0.15, 0.2) is 31.2 Å². The number of Topliss-reactive ketones (excluding diaryl/α,β-unsaturated/α-hetero) is 3. The van der Waals surface area contributed by atoms with Crippen LogP contribution in [0, 0.1) is 107 Å². The first-order valence-electron chi connectivity index (χ1n) is 48.0. The van der Waals surface area contributed by atoms with Gasteiger partial charge in [-0.15, -0.1) is 22.7 Å². The summed E-state index contributed by atoms with van der Waals surface area (Å²) in [4.78, 5) is 60.4. The molecular weight excluding hydrogens is 1660 g/mol. The molecule has 19 nitrogen and oxygen atoms in total. The summed E-state index contributed by atoms with van der Waals surface area (Å²) in [7, 11) is 0. The van der Waals surface area contributed by atoms with Crippen LogP contribution in [0.15, 0.2) is 85.7 Å². The lowest BCUT2D eigenvalue weighted by Gasteiger charge is -2.60. The average molecular weight is 1790 g/mol. The molecule has 6 heterocycles. The molecule has 6 N–H and O–H groups in total. The maximum absolute atomic E-state index is 13.8. The van der Waals surface area contributed by atoms with Crippen molar-refractivity contribution in [1.29, 1.82) is 0 Å². The Morgan fingerprint density at radius 3 is 1.18 bits per heavy atom. The highest BCUT2D eigenvalue weighted by molar-refractivity contribution is 8.02. The van der Waals surface area contributed by atoms with Crippen molar-refractivity contribution in [3.63, 3.8) is 0 Å². The van der Waals surface area contributed by atoms with Gasteiger partial charge in [-0.05, 0) is 297 Å². The van der Waals surface area contributed by atoms with E-state index >= 15 is 0 Å². The van der Waals surface area contributed by atoms with Crippen molar-refractivity contribution >= 4 is 104 Å². The number of thioether (sulfide) groups is 3. The zero-order valence-electron chi connectivity index (χ0n) is 75.0. The van der Waals surface area contributed by atoms with Crippen LogP contribution in [-0.2, 0) is 33.6 Å². The summed E-state index contributed by atoms with van der Waals surface area (Å²) in [5.74, 6) is 2.20. The molecule has 12 fully saturated rings. The van der Waals surface area contributed by atoms with Gasteiger partial charge in [-0.1, -0.05) is 163 Å². The van der Waals surface area contributed by atoms with Gasteiger partial charge in [0.1, 0.15) is 16.8 Å². The summed E-state index contributed by atoms with van der Waals surface area (Å²) in [5, 5.41) is 87.5. The first-order chi connectivity index (χ1) is 59.9. The topological polar surface area (TPSA) is 278 Å². The SMILES string of the molecule is CC12Cc3cnn(C4CCCCC4)c3C=C1CCC1C2[C@@H](O)CC2(C)C1CC[C@]2(O)C(=O)CSc1nc2ccccc2s1.Cc1ccnc(SCC(=O)[C@@]2(O)CCC3C4CCC5=Cc6c(cnn6C6CCCCC6)CC5(C)C4[C@@H](O)CC32C)n1.Cc1nc(SCC(=O)[C@@]2(O)CCC3C4CCC5=Cc6c(cnn6C6CCCCC6)CC5(C)C4[C@@H](O)CC32C)sc1C. The maximum Gasteiger partial charge on any atom is 0.188 e. The zero-order chi connectivity index (χ0) is 86.9. The van der Waals surface area contributed by atoms with Gasteiger partial charge in [-0.2, -0.15) is 15.3 Å². The molecule has 15 aliphatic rings. The van der Waals surface area contributed by atoms with E-state index in [-0.39, 0.29) is 92.3 Å². The van der Waals surface area contributed by atoms with Crippen molar-refractivity contribution < 1.29 is 45.0 Å². The van der Waals surface area contributed by atoms with Crippen molar-refractivity contribution in [2.75, 3.05) is 17.3 Å². The lowest BCUT2D eigenvalue weighted by molar-refractivity contribution is -0.178. The molecule has 0 spiro atoms. The Kier molecular flexibility index (Phi) is 23.1. The molecule has 24 heteroatoms. The molecule has 1 aromatic carbocycles. The van der Waals surface area contributed by atoms with E-state index in [4.69, 9.17) is 15.3 Å². The summed E-state index contributed by atoms with van der Waals surface area (Å²) in [6, 6.07) is 11.4. The average Bonchev–Trinajstić information content (AvgIpc) is 1.59. The number of nitrogens with zero attached hydrogens (tertiary/aromatic N) is 10. The highest BCUT2D eigenvalue weighted by atomic mass is 32.2. The van der Waals surface area contributed by atoms with E-state index < -0.39 is 51.4 Å². The minimum absolute atomic E-state index is 0.0938. The van der Waals surface area contributed by atoms with E-state index in [1.807, 2.05) is 38.1 Å². The number of carbonyl (C=O) groups is 3. The summed E-state index contributed by atoms with van der Waals surface area (Å²) >= 11 is 7.41. The lowest BCUT2D eigenvalue weighted by atomic mass is 9.45. The van der Waals surface area contributed by atoms with Gasteiger partial charge < -0.3 is 30.6 Å². The summed E-state index contributed by atoms with van der Waals surface area (Å²) in [6.07, 6.45) is 47.0. The van der Waals surface area contributed by atoms with Crippen LogP contribution >= 0.6 is 58.0 Å². The van der Waals surface area contributed by atoms with E-state index in [0.29, 0.717) is 73.6 Å². The molecule has 670 valence electrons. The van der Waals surface area contributed by atoms with Gasteiger partial charge in [-0.25, -0.2) is 19.9 Å². The molecule has 21 atom stereocenters. The molecule has 0 amide bonds. The fraction of sp³-hybridized carbons (Fsp3) is 0.683. The number of ketones is 3. The summed E-state index contributed by atoms with van der Waals surface area (Å²) < 4.78 is 9.81. The summed E-state index contributed by atoms with van der Waals surface area (Å²) in [6.45, 7) is 19.4. The number of fused-ring (bicyclic) bond motifs is 19. The Morgan fingerprint density at radius 1 is 0.448 bits per heavy atom. The number of rotatable bonds is 15. The Bertz CT molecular complexity index is 5360. The number of aliphatic hydroxyl groups excluding tert-OH is 3. The second-order valence-electron chi connectivity index (χ2n) is 43.1. The van der Waals surface area contributed by atoms with Crippen molar-refractivity contribution in [3.05, 3.63) is 122 Å². The molecule has 15 aliphatic carbocycles. The second-order valence-corrected chi connectivity index (χ2v) is 48.7. The number of thiazole rings is 2. The number of hydrogen-bond donors (Lipinski definition) is 6. The molecular formula is C101H132N10O9S5. The van der Waals surface area contributed by atoms with Gasteiger partial charge in [0.05, 0.1) is 105 Å². The molecule has 125 heavy (non-hydrogen) atoms. The van der Waals surface area contributed by atoms with Crippen LogP contribution in [0.5, 0.6) is 0 Å². The van der Waals surface area contributed by atoms with Gasteiger partial charge in [0, 0.05) is 33.0 Å². The van der Waals surface area contributed by atoms with Crippen LogP contribution in [0.2, 0.25) is 0 Å². The lowest BCUT2D eigenvalue weighted by Crippen LogP contribution is -2.62. The minimum Gasteiger partial charge on any atom is -0.393 e.